The molecule has 4 aromatic rings. The van der Waals surface area contributed by atoms with Crippen molar-refractivity contribution in [3.8, 4) is 5.75 Å². The number of halogens is 1. The summed E-state index contributed by atoms with van der Waals surface area (Å²) < 4.78 is 11.2. The number of hydrogen-bond donors (Lipinski definition) is 0. The molecule has 8 heteroatoms. The minimum absolute atomic E-state index is 0.228. The first-order valence-electron chi connectivity index (χ1n) is 8.49. The maximum absolute atomic E-state index is 13.2. The highest BCUT2D eigenvalue weighted by atomic mass is 35.5. The van der Waals surface area contributed by atoms with Gasteiger partial charge in [0.1, 0.15) is 17.0 Å². The van der Waals surface area contributed by atoms with Crippen LogP contribution in [0.5, 0.6) is 5.75 Å². The van der Waals surface area contributed by atoms with Gasteiger partial charge in [0.05, 0.1) is 23.4 Å². The lowest BCUT2D eigenvalue weighted by molar-refractivity contribution is 0.0976. The third-order valence-corrected chi connectivity index (χ3v) is 5.71. The van der Waals surface area contributed by atoms with Gasteiger partial charge in [-0.05, 0) is 24.6 Å². The van der Waals surface area contributed by atoms with Gasteiger partial charge in [-0.25, -0.2) is 4.98 Å². The molecule has 1 amide bonds. The van der Waals surface area contributed by atoms with Crippen LogP contribution in [0.4, 0.5) is 5.13 Å². The molecule has 0 unspecified atom stereocenters. The average molecular weight is 414 g/mol. The third-order valence-electron chi connectivity index (χ3n) is 4.17. The summed E-state index contributed by atoms with van der Waals surface area (Å²) in [6.45, 7) is 2.08. The molecule has 0 spiro atoms. The van der Waals surface area contributed by atoms with Gasteiger partial charge >= 0.3 is 0 Å². The smallest absolute Gasteiger partial charge is 0.282 e. The molecule has 2 aromatic heterocycles. The molecule has 0 aliphatic carbocycles. The summed E-state index contributed by atoms with van der Waals surface area (Å²) in [6.07, 6.45) is 0. The lowest BCUT2D eigenvalue weighted by Gasteiger charge is -2.18. The van der Waals surface area contributed by atoms with E-state index < -0.39 is 0 Å². The van der Waals surface area contributed by atoms with Crippen LogP contribution in [0.1, 0.15) is 21.8 Å². The molecule has 4 rings (SSSR count). The van der Waals surface area contributed by atoms with E-state index in [1.165, 1.54) is 11.3 Å². The van der Waals surface area contributed by atoms with E-state index in [1.54, 1.807) is 37.1 Å². The Morgan fingerprint density at radius 3 is 2.71 bits per heavy atom. The second-order valence-corrected chi connectivity index (χ2v) is 7.51. The van der Waals surface area contributed by atoms with Gasteiger partial charge in [-0.3, -0.25) is 9.69 Å². The van der Waals surface area contributed by atoms with Crippen LogP contribution in [-0.4, -0.2) is 23.2 Å². The Kier molecular flexibility index (Phi) is 5.02. The van der Waals surface area contributed by atoms with Crippen molar-refractivity contribution in [2.24, 2.45) is 0 Å². The molecule has 2 heterocycles. The summed E-state index contributed by atoms with van der Waals surface area (Å²) in [4.78, 5) is 19.4. The molecule has 0 bridgehead atoms. The maximum Gasteiger partial charge on any atom is 0.282 e. The molecule has 0 fully saturated rings. The zero-order valence-electron chi connectivity index (χ0n) is 15.2. The van der Waals surface area contributed by atoms with Crippen molar-refractivity contribution in [1.82, 2.24) is 10.1 Å². The van der Waals surface area contributed by atoms with Crippen molar-refractivity contribution in [3.05, 3.63) is 70.6 Å². The number of carbonyl (C=O) groups is 1. The Morgan fingerprint density at radius 1 is 1.25 bits per heavy atom. The molecule has 6 nitrogen and oxygen atoms in total. The Balaban J connectivity index is 1.82. The molecule has 0 saturated heterocycles. The monoisotopic (exact) mass is 413 g/mol. The average Bonchev–Trinajstić information content (AvgIpc) is 3.34. The first kappa shape index (κ1) is 18.5. The van der Waals surface area contributed by atoms with Gasteiger partial charge in [0.2, 0.25) is 0 Å². The fourth-order valence-electron chi connectivity index (χ4n) is 2.82. The van der Waals surface area contributed by atoms with E-state index in [4.69, 9.17) is 20.9 Å². The predicted octanol–water partition coefficient (Wildman–Crippen LogP) is 5.10. The van der Waals surface area contributed by atoms with Gasteiger partial charge in [0.15, 0.2) is 10.8 Å². The summed E-state index contributed by atoms with van der Waals surface area (Å²) in [5.41, 5.74) is 1.82. The second-order valence-electron chi connectivity index (χ2n) is 6.12. The van der Waals surface area contributed by atoms with E-state index in [-0.39, 0.29) is 11.6 Å². The third kappa shape index (κ3) is 3.46. The number of aromatic nitrogens is 2. The molecule has 142 valence electrons. The number of anilines is 1. The molecule has 0 saturated carbocycles. The number of benzene rings is 2. The van der Waals surface area contributed by atoms with Gasteiger partial charge in [-0.1, -0.05) is 58.4 Å². The number of methoxy groups -OCH3 is 1. The molecule has 0 radical (unpaired) electrons. The van der Waals surface area contributed by atoms with Crippen molar-refractivity contribution in [3.63, 3.8) is 0 Å². The standard InChI is InChI=1S/C20H16ClN3O3S/c1-12-10-15(23-27-12)19(25)24(11-13-6-4-3-5-7-13)20-22-17-16(26-2)9-8-14(21)18(17)28-20/h3-10H,11H2,1-2H3. The zero-order valence-corrected chi connectivity index (χ0v) is 16.8. The normalized spacial score (nSPS) is 11.0. The zero-order chi connectivity index (χ0) is 19.7. The van der Waals surface area contributed by atoms with Crippen LogP contribution < -0.4 is 9.64 Å². The number of carbonyl (C=O) groups excluding carboxylic acids is 1. The van der Waals surface area contributed by atoms with Gasteiger partial charge in [-0.2, -0.15) is 0 Å². The van der Waals surface area contributed by atoms with Crippen LogP contribution in [0.15, 0.2) is 53.1 Å². The van der Waals surface area contributed by atoms with Crippen LogP contribution in [0.2, 0.25) is 5.02 Å². The minimum Gasteiger partial charge on any atom is -0.494 e. The lowest BCUT2D eigenvalue weighted by atomic mass is 10.2. The highest BCUT2D eigenvalue weighted by Gasteiger charge is 2.25. The van der Waals surface area contributed by atoms with Crippen LogP contribution >= 0.6 is 22.9 Å². The van der Waals surface area contributed by atoms with Crippen molar-refractivity contribution in [2.45, 2.75) is 13.5 Å². The van der Waals surface area contributed by atoms with Gasteiger partial charge in [0.25, 0.3) is 5.91 Å². The highest BCUT2D eigenvalue weighted by Crippen LogP contribution is 2.39. The molecule has 0 aliphatic heterocycles. The molecular weight excluding hydrogens is 398 g/mol. The summed E-state index contributed by atoms with van der Waals surface area (Å²) in [6, 6.07) is 14.8. The number of fused-ring (bicyclic) bond motifs is 1. The Labute approximate surface area is 170 Å². The summed E-state index contributed by atoms with van der Waals surface area (Å²) in [7, 11) is 1.58. The summed E-state index contributed by atoms with van der Waals surface area (Å²) in [5, 5.41) is 4.94. The van der Waals surface area contributed by atoms with Crippen molar-refractivity contribution >= 4 is 44.2 Å². The first-order valence-corrected chi connectivity index (χ1v) is 9.68. The number of nitrogens with zero attached hydrogens (tertiary/aromatic N) is 3. The first-order chi connectivity index (χ1) is 13.6. The lowest BCUT2D eigenvalue weighted by Crippen LogP contribution is -2.30. The fraction of sp³-hybridized carbons (Fsp3) is 0.150. The largest absolute Gasteiger partial charge is 0.494 e. The van der Waals surface area contributed by atoms with Crippen LogP contribution in [0.3, 0.4) is 0 Å². The maximum atomic E-state index is 13.2. The number of thiazole rings is 1. The number of rotatable bonds is 5. The number of amides is 1. The van der Waals surface area contributed by atoms with Crippen LogP contribution in [-0.2, 0) is 6.54 Å². The van der Waals surface area contributed by atoms with E-state index in [9.17, 15) is 4.79 Å². The van der Waals surface area contributed by atoms with E-state index in [2.05, 4.69) is 10.1 Å². The van der Waals surface area contributed by atoms with E-state index in [0.717, 1.165) is 10.3 Å². The van der Waals surface area contributed by atoms with Crippen LogP contribution in [0.25, 0.3) is 10.2 Å². The van der Waals surface area contributed by atoms with Crippen molar-refractivity contribution in [1.29, 1.82) is 0 Å². The number of hydrogen-bond acceptors (Lipinski definition) is 6. The number of aryl methyl sites for hydroxylation is 1. The van der Waals surface area contributed by atoms with E-state index in [0.29, 0.717) is 33.7 Å². The van der Waals surface area contributed by atoms with Gasteiger partial charge in [-0.15, -0.1) is 0 Å². The molecular formula is C20H16ClN3O3S. The van der Waals surface area contributed by atoms with Crippen LogP contribution in [0, 0.1) is 6.92 Å². The summed E-state index contributed by atoms with van der Waals surface area (Å²) in [5.74, 6) is 0.873. The highest BCUT2D eigenvalue weighted by molar-refractivity contribution is 7.23. The van der Waals surface area contributed by atoms with Crippen molar-refractivity contribution in [2.75, 3.05) is 12.0 Å². The predicted molar refractivity (Wildman–Crippen MR) is 109 cm³/mol. The topological polar surface area (TPSA) is 68.5 Å². The molecule has 0 aliphatic rings. The fourth-order valence-corrected chi connectivity index (χ4v) is 4.07. The van der Waals surface area contributed by atoms with E-state index >= 15 is 0 Å². The number of ether oxygens (including phenoxy) is 1. The Morgan fingerprint density at radius 2 is 2.04 bits per heavy atom. The quantitative estimate of drug-likeness (QED) is 0.455. The molecule has 2 aromatic carbocycles. The van der Waals surface area contributed by atoms with Gasteiger partial charge < -0.3 is 9.26 Å². The van der Waals surface area contributed by atoms with Gasteiger partial charge in [0, 0.05) is 6.07 Å². The molecule has 0 N–H and O–H groups in total. The molecule has 28 heavy (non-hydrogen) atoms. The Bertz CT molecular complexity index is 1140. The summed E-state index contributed by atoms with van der Waals surface area (Å²) >= 11 is 7.68. The SMILES string of the molecule is COc1ccc(Cl)c2sc(N(Cc3ccccc3)C(=O)c3cc(C)on3)nc12. The second kappa shape index (κ2) is 7.61. The molecule has 0 atom stereocenters. The Hall–Kier alpha value is -2.90. The minimum atomic E-state index is -0.296. The van der Waals surface area contributed by atoms with E-state index in [1.807, 2.05) is 30.3 Å². The van der Waals surface area contributed by atoms with Crippen molar-refractivity contribution < 1.29 is 14.1 Å².